The van der Waals surface area contributed by atoms with E-state index in [0.29, 0.717) is 12.0 Å². The van der Waals surface area contributed by atoms with Crippen LogP contribution in [0.25, 0.3) is 0 Å². The molecule has 0 aromatic rings. The maximum absolute atomic E-state index is 11.5. The lowest BCUT2D eigenvalue weighted by molar-refractivity contribution is -0.127. The largest absolute Gasteiger partial charge is 0.338 e. The SMILES string of the molecule is C=C(C)C(=O)N(C)[C@@H]1CCS(=O)(=O)C1. The zero-order valence-electron chi connectivity index (χ0n) is 8.49. The van der Waals surface area contributed by atoms with Crippen molar-refractivity contribution in [1.29, 1.82) is 0 Å². The second-order valence-corrected chi connectivity index (χ2v) is 5.98. The van der Waals surface area contributed by atoms with E-state index in [2.05, 4.69) is 6.58 Å². The first-order valence-electron chi connectivity index (χ1n) is 4.46. The molecule has 0 saturated carbocycles. The number of hydrogen-bond acceptors (Lipinski definition) is 3. The smallest absolute Gasteiger partial charge is 0.248 e. The number of hydrogen-bond donors (Lipinski definition) is 0. The lowest BCUT2D eigenvalue weighted by Gasteiger charge is -2.23. The maximum Gasteiger partial charge on any atom is 0.248 e. The average molecular weight is 217 g/mol. The van der Waals surface area contributed by atoms with Gasteiger partial charge in [0.05, 0.1) is 11.5 Å². The third kappa shape index (κ3) is 2.35. The summed E-state index contributed by atoms with van der Waals surface area (Å²) in [7, 11) is -1.30. The molecule has 1 saturated heterocycles. The first-order valence-corrected chi connectivity index (χ1v) is 6.29. The molecule has 1 amide bonds. The number of carbonyl (C=O) groups is 1. The summed E-state index contributed by atoms with van der Waals surface area (Å²) in [6, 6.07) is -0.177. The average Bonchev–Trinajstić information content (AvgIpc) is 2.43. The van der Waals surface area contributed by atoms with Crippen LogP contribution in [0.5, 0.6) is 0 Å². The van der Waals surface area contributed by atoms with Crippen LogP contribution < -0.4 is 0 Å². The monoisotopic (exact) mass is 217 g/mol. The second-order valence-electron chi connectivity index (χ2n) is 3.75. The lowest BCUT2D eigenvalue weighted by Crippen LogP contribution is -2.38. The molecule has 1 heterocycles. The summed E-state index contributed by atoms with van der Waals surface area (Å²) in [5.74, 6) is 0.0978. The van der Waals surface area contributed by atoms with Gasteiger partial charge in [-0.05, 0) is 13.3 Å². The zero-order valence-corrected chi connectivity index (χ0v) is 9.30. The van der Waals surface area contributed by atoms with Gasteiger partial charge in [0.15, 0.2) is 9.84 Å². The highest BCUT2D eigenvalue weighted by atomic mass is 32.2. The Balaban J connectivity index is 2.69. The zero-order chi connectivity index (χ0) is 10.9. The van der Waals surface area contributed by atoms with Crippen LogP contribution in [0.15, 0.2) is 12.2 Å². The second kappa shape index (κ2) is 3.73. The van der Waals surface area contributed by atoms with Crippen molar-refractivity contribution in [2.45, 2.75) is 19.4 Å². The Morgan fingerprint density at radius 2 is 2.07 bits per heavy atom. The summed E-state index contributed by atoms with van der Waals surface area (Å²) in [6.45, 7) is 5.17. The topological polar surface area (TPSA) is 54.5 Å². The maximum atomic E-state index is 11.5. The Kier molecular flexibility index (Phi) is 2.99. The van der Waals surface area contributed by atoms with Gasteiger partial charge >= 0.3 is 0 Å². The first-order chi connectivity index (χ1) is 6.33. The van der Waals surface area contributed by atoms with Gasteiger partial charge in [-0.3, -0.25) is 4.79 Å². The molecule has 0 unspecified atom stereocenters. The van der Waals surface area contributed by atoms with E-state index in [1.165, 1.54) is 4.90 Å². The summed E-state index contributed by atoms with van der Waals surface area (Å²) in [6.07, 6.45) is 0.540. The number of amides is 1. The van der Waals surface area contributed by atoms with Crippen molar-refractivity contribution in [2.24, 2.45) is 0 Å². The van der Waals surface area contributed by atoms with Crippen molar-refractivity contribution >= 4 is 15.7 Å². The number of carbonyl (C=O) groups excluding carboxylic acids is 1. The molecule has 4 nitrogen and oxygen atoms in total. The molecule has 0 radical (unpaired) electrons. The molecule has 0 spiro atoms. The van der Waals surface area contributed by atoms with E-state index in [-0.39, 0.29) is 23.5 Å². The van der Waals surface area contributed by atoms with Gasteiger partial charge in [0.2, 0.25) is 5.91 Å². The minimum absolute atomic E-state index is 0.0858. The van der Waals surface area contributed by atoms with Gasteiger partial charge in [-0.15, -0.1) is 0 Å². The predicted octanol–water partition coefficient (Wildman–Crippen LogP) is 0.208. The normalized spacial score (nSPS) is 24.6. The van der Waals surface area contributed by atoms with Crippen LogP contribution in [0.3, 0.4) is 0 Å². The van der Waals surface area contributed by atoms with Crippen LogP contribution in [-0.4, -0.2) is 43.8 Å². The molecule has 0 aromatic carbocycles. The molecular weight excluding hydrogens is 202 g/mol. The fourth-order valence-electron chi connectivity index (χ4n) is 1.55. The Hall–Kier alpha value is -0.840. The van der Waals surface area contributed by atoms with Gasteiger partial charge in [0.1, 0.15) is 0 Å². The lowest BCUT2D eigenvalue weighted by atomic mass is 10.2. The van der Waals surface area contributed by atoms with Crippen molar-refractivity contribution in [1.82, 2.24) is 4.90 Å². The van der Waals surface area contributed by atoms with E-state index in [0.717, 1.165) is 0 Å². The summed E-state index contributed by atoms with van der Waals surface area (Å²) >= 11 is 0. The third-order valence-electron chi connectivity index (χ3n) is 2.44. The molecule has 0 aliphatic carbocycles. The molecule has 1 aliphatic rings. The Morgan fingerprint density at radius 3 is 2.43 bits per heavy atom. The van der Waals surface area contributed by atoms with E-state index < -0.39 is 9.84 Å². The van der Waals surface area contributed by atoms with Crippen LogP contribution in [-0.2, 0) is 14.6 Å². The number of likely N-dealkylation sites (N-methyl/N-ethyl adjacent to an activating group) is 1. The highest BCUT2D eigenvalue weighted by molar-refractivity contribution is 7.91. The van der Waals surface area contributed by atoms with E-state index in [9.17, 15) is 13.2 Å². The van der Waals surface area contributed by atoms with E-state index in [4.69, 9.17) is 0 Å². The van der Waals surface area contributed by atoms with Crippen LogP contribution >= 0.6 is 0 Å². The quantitative estimate of drug-likeness (QED) is 0.621. The molecule has 5 heteroatoms. The molecule has 14 heavy (non-hydrogen) atoms. The summed E-state index contributed by atoms with van der Waals surface area (Å²) in [5, 5.41) is 0. The molecular formula is C9H15NO3S. The molecule has 1 atom stereocenters. The highest BCUT2D eigenvalue weighted by Crippen LogP contribution is 2.17. The molecule has 1 aliphatic heterocycles. The van der Waals surface area contributed by atoms with Crippen LogP contribution in [0.4, 0.5) is 0 Å². The first kappa shape index (κ1) is 11.2. The number of rotatable bonds is 2. The molecule has 0 N–H and O–H groups in total. The van der Waals surface area contributed by atoms with Gasteiger partial charge in [0, 0.05) is 18.7 Å². The van der Waals surface area contributed by atoms with Gasteiger partial charge in [-0.25, -0.2) is 8.42 Å². The van der Waals surface area contributed by atoms with E-state index in [1.54, 1.807) is 14.0 Å². The molecule has 80 valence electrons. The Morgan fingerprint density at radius 1 is 1.50 bits per heavy atom. The van der Waals surface area contributed by atoms with E-state index >= 15 is 0 Å². The Bertz CT molecular complexity index is 358. The minimum atomic E-state index is -2.92. The standard InChI is InChI=1S/C9H15NO3S/c1-7(2)9(11)10(3)8-4-5-14(12,13)6-8/h8H,1,4-6H2,2-3H3/t8-/m1/s1. The van der Waals surface area contributed by atoms with Crippen molar-refractivity contribution in [3.8, 4) is 0 Å². The molecule has 1 fully saturated rings. The van der Waals surface area contributed by atoms with Crippen LogP contribution in [0.1, 0.15) is 13.3 Å². The molecule has 1 rings (SSSR count). The van der Waals surface area contributed by atoms with Crippen molar-refractivity contribution in [3.05, 3.63) is 12.2 Å². The van der Waals surface area contributed by atoms with Crippen molar-refractivity contribution in [3.63, 3.8) is 0 Å². The predicted molar refractivity (Wildman–Crippen MR) is 54.6 cm³/mol. The van der Waals surface area contributed by atoms with Crippen LogP contribution in [0, 0.1) is 0 Å². The van der Waals surface area contributed by atoms with Gasteiger partial charge in [-0.2, -0.15) is 0 Å². The molecule has 0 aromatic heterocycles. The van der Waals surface area contributed by atoms with Crippen LogP contribution in [0.2, 0.25) is 0 Å². The number of nitrogens with zero attached hydrogens (tertiary/aromatic N) is 1. The fraction of sp³-hybridized carbons (Fsp3) is 0.667. The minimum Gasteiger partial charge on any atom is -0.338 e. The Labute approximate surface area is 84.5 Å². The van der Waals surface area contributed by atoms with Gasteiger partial charge in [0.25, 0.3) is 0 Å². The third-order valence-corrected chi connectivity index (χ3v) is 4.19. The summed E-state index contributed by atoms with van der Waals surface area (Å²) in [5.41, 5.74) is 0.441. The van der Waals surface area contributed by atoms with Gasteiger partial charge in [-0.1, -0.05) is 6.58 Å². The number of sulfone groups is 1. The van der Waals surface area contributed by atoms with Crippen molar-refractivity contribution < 1.29 is 13.2 Å². The van der Waals surface area contributed by atoms with Gasteiger partial charge < -0.3 is 4.90 Å². The molecule has 0 bridgehead atoms. The van der Waals surface area contributed by atoms with Crippen molar-refractivity contribution in [2.75, 3.05) is 18.6 Å². The fourth-order valence-corrected chi connectivity index (χ4v) is 3.32. The summed E-state index contributed by atoms with van der Waals surface area (Å²) < 4.78 is 22.4. The summed E-state index contributed by atoms with van der Waals surface area (Å²) in [4.78, 5) is 13.0. The highest BCUT2D eigenvalue weighted by Gasteiger charge is 2.32. The van der Waals surface area contributed by atoms with E-state index in [1.807, 2.05) is 0 Å².